The van der Waals surface area contributed by atoms with Gasteiger partial charge >= 0.3 is 0 Å². The highest BCUT2D eigenvalue weighted by Gasteiger charge is 2.28. The maximum absolute atomic E-state index is 2.36. The minimum Gasteiger partial charge on any atom is -0.0854 e. The SMILES string of the molecule is CC1C=CC(C)C(C)(C)C1. The van der Waals surface area contributed by atoms with Crippen molar-refractivity contribution in [3.63, 3.8) is 0 Å². The molecule has 0 aliphatic heterocycles. The Morgan fingerprint density at radius 2 is 1.80 bits per heavy atom. The molecule has 0 nitrogen and oxygen atoms in total. The Hall–Kier alpha value is -0.260. The maximum Gasteiger partial charge on any atom is -0.0210 e. The van der Waals surface area contributed by atoms with Gasteiger partial charge in [-0.2, -0.15) is 0 Å². The summed E-state index contributed by atoms with van der Waals surface area (Å²) in [6.07, 6.45) is 6.04. The molecule has 58 valence electrons. The van der Waals surface area contributed by atoms with Crippen molar-refractivity contribution in [3.8, 4) is 0 Å². The van der Waals surface area contributed by atoms with E-state index in [1.807, 2.05) is 0 Å². The molecule has 0 amide bonds. The molecule has 0 saturated heterocycles. The van der Waals surface area contributed by atoms with Gasteiger partial charge in [0.15, 0.2) is 0 Å². The summed E-state index contributed by atoms with van der Waals surface area (Å²) in [4.78, 5) is 0. The van der Waals surface area contributed by atoms with E-state index in [2.05, 4.69) is 39.8 Å². The molecule has 0 bridgehead atoms. The van der Waals surface area contributed by atoms with Gasteiger partial charge in [0.2, 0.25) is 0 Å². The van der Waals surface area contributed by atoms with Gasteiger partial charge in [0.1, 0.15) is 0 Å². The third-order valence-corrected chi connectivity index (χ3v) is 2.81. The molecule has 0 aromatic heterocycles. The van der Waals surface area contributed by atoms with E-state index >= 15 is 0 Å². The summed E-state index contributed by atoms with van der Waals surface area (Å²) < 4.78 is 0. The van der Waals surface area contributed by atoms with Crippen LogP contribution in [0.1, 0.15) is 34.1 Å². The van der Waals surface area contributed by atoms with Crippen LogP contribution in [0.3, 0.4) is 0 Å². The molecule has 2 atom stereocenters. The molecular weight excluding hydrogens is 120 g/mol. The summed E-state index contributed by atoms with van der Waals surface area (Å²) >= 11 is 0. The Morgan fingerprint density at radius 3 is 2.20 bits per heavy atom. The van der Waals surface area contributed by atoms with E-state index in [0.717, 1.165) is 11.8 Å². The molecule has 1 aliphatic carbocycles. The summed E-state index contributed by atoms with van der Waals surface area (Å²) in [5, 5.41) is 0. The number of rotatable bonds is 0. The van der Waals surface area contributed by atoms with Gasteiger partial charge < -0.3 is 0 Å². The van der Waals surface area contributed by atoms with Crippen molar-refractivity contribution in [1.29, 1.82) is 0 Å². The minimum absolute atomic E-state index is 0.522. The molecule has 0 heterocycles. The van der Waals surface area contributed by atoms with Crippen molar-refractivity contribution in [2.24, 2.45) is 17.3 Å². The molecular formula is C10H18. The van der Waals surface area contributed by atoms with E-state index in [9.17, 15) is 0 Å². The van der Waals surface area contributed by atoms with Crippen LogP contribution in [0.15, 0.2) is 12.2 Å². The van der Waals surface area contributed by atoms with Crippen LogP contribution in [0.25, 0.3) is 0 Å². The van der Waals surface area contributed by atoms with E-state index in [1.165, 1.54) is 6.42 Å². The lowest BCUT2D eigenvalue weighted by molar-refractivity contribution is 0.214. The Morgan fingerprint density at radius 1 is 1.20 bits per heavy atom. The molecule has 0 fully saturated rings. The van der Waals surface area contributed by atoms with Crippen molar-refractivity contribution in [2.45, 2.75) is 34.1 Å². The van der Waals surface area contributed by atoms with Crippen molar-refractivity contribution >= 4 is 0 Å². The zero-order valence-corrected chi connectivity index (χ0v) is 7.52. The van der Waals surface area contributed by atoms with E-state index in [1.54, 1.807) is 0 Å². The van der Waals surface area contributed by atoms with Gasteiger partial charge in [-0.15, -0.1) is 0 Å². The van der Waals surface area contributed by atoms with Crippen LogP contribution in [-0.4, -0.2) is 0 Å². The fourth-order valence-electron chi connectivity index (χ4n) is 1.70. The summed E-state index contributed by atoms with van der Waals surface area (Å²) in [6.45, 7) is 9.32. The molecule has 1 aliphatic rings. The van der Waals surface area contributed by atoms with Crippen LogP contribution in [0, 0.1) is 17.3 Å². The van der Waals surface area contributed by atoms with Gasteiger partial charge in [-0.3, -0.25) is 0 Å². The van der Waals surface area contributed by atoms with Gasteiger partial charge in [-0.1, -0.05) is 39.8 Å². The monoisotopic (exact) mass is 138 g/mol. The standard InChI is InChI=1S/C10H18/c1-8-5-6-9(2)10(3,4)7-8/h5-6,8-9H,7H2,1-4H3. The zero-order chi connectivity index (χ0) is 7.78. The Kier molecular flexibility index (Phi) is 1.89. The second kappa shape index (κ2) is 2.41. The van der Waals surface area contributed by atoms with Crippen LogP contribution < -0.4 is 0 Å². The fraction of sp³-hybridized carbons (Fsp3) is 0.800. The van der Waals surface area contributed by atoms with Crippen molar-refractivity contribution in [2.75, 3.05) is 0 Å². The van der Waals surface area contributed by atoms with Crippen molar-refractivity contribution < 1.29 is 0 Å². The number of allylic oxidation sites excluding steroid dienone is 2. The highest BCUT2D eigenvalue weighted by atomic mass is 14.3. The molecule has 2 unspecified atom stereocenters. The van der Waals surface area contributed by atoms with Crippen LogP contribution in [0.2, 0.25) is 0 Å². The highest BCUT2D eigenvalue weighted by Crippen LogP contribution is 2.38. The first-order valence-corrected chi connectivity index (χ1v) is 4.21. The molecule has 0 saturated carbocycles. The molecule has 0 N–H and O–H groups in total. The van der Waals surface area contributed by atoms with E-state index in [0.29, 0.717) is 5.41 Å². The highest BCUT2D eigenvalue weighted by molar-refractivity contribution is 5.02. The minimum atomic E-state index is 0.522. The van der Waals surface area contributed by atoms with Crippen LogP contribution in [0.5, 0.6) is 0 Å². The van der Waals surface area contributed by atoms with Crippen molar-refractivity contribution in [1.82, 2.24) is 0 Å². The smallest absolute Gasteiger partial charge is 0.0210 e. The zero-order valence-electron chi connectivity index (χ0n) is 7.52. The first-order chi connectivity index (χ1) is 4.52. The fourth-order valence-corrected chi connectivity index (χ4v) is 1.70. The van der Waals surface area contributed by atoms with Gasteiger partial charge in [0.25, 0.3) is 0 Å². The Balaban J connectivity index is 2.72. The van der Waals surface area contributed by atoms with Crippen LogP contribution in [0.4, 0.5) is 0 Å². The molecule has 0 heteroatoms. The van der Waals surface area contributed by atoms with E-state index < -0.39 is 0 Å². The van der Waals surface area contributed by atoms with Gasteiger partial charge in [0, 0.05) is 0 Å². The molecule has 1 rings (SSSR count). The first-order valence-electron chi connectivity index (χ1n) is 4.21. The van der Waals surface area contributed by atoms with E-state index in [-0.39, 0.29) is 0 Å². The third kappa shape index (κ3) is 1.42. The molecule has 0 aromatic carbocycles. The Labute approximate surface area is 64.3 Å². The number of hydrogen-bond donors (Lipinski definition) is 0. The summed E-state index contributed by atoms with van der Waals surface area (Å²) in [5.41, 5.74) is 0.522. The lowest BCUT2D eigenvalue weighted by Gasteiger charge is -2.35. The summed E-state index contributed by atoms with van der Waals surface area (Å²) in [5.74, 6) is 1.54. The summed E-state index contributed by atoms with van der Waals surface area (Å²) in [7, 11) is 0. The lowest BCUT2D eigenvalue weighted by atomic mass is 9.70. The van der Waals surface area contributed by atoms with Crippen LogP contribution >= 0.6 is 0 Å². The van der Waals surface area contributed by atoms with E-state index in [4.69, 9.17) is 0 Å². The van der Waals surface area contributed by atoms with Gasteiger partial charge in [-0.25, -0.2) is 0 Å². The van der Waals surface area contributed by atoms with Crippen molar-refractivity contribution in [3.05, 3.63) is 12.2 Å². The predicted octanol–water partition coefficient (Wildman–Crippen LogP) is 3.24. The topological polar surface area (TPSA) is 0 Å². The molecule has 0 spiro atoms. The molecule has 0 radical (unpaired) electrons. The number of hydrogen-bond acceptors (Lipinski definition) is 0. The second-order valence-electron chi connectivity index (χ2n) is 4.34. The predicted molar refractivity (Wildman–Crippen MR) is 45.9 cm³/mol. The van der Waals surface area contributed by atoms with Crippen LogP contribution in [-0.2, 0) is 0 Å². The average molecular weight is 138 g/mol. The summed E-state index contributed by atoms with van der Waals surface area (Å²) in [6, 6.07) is 0. The lowest BCUT2D eigenvalue weighted by Crippen LogP contribution is -2.25. The molecule has 10 heavy (non-hydrogen) atoms. The quantitative estimate of drug-likeness (QED) is 0.451. The largest absolute Gasteiger partial charge is 0.0854 e. The average Bonchev–Trinajstić information content (AvgIpc) is 1.78. The third-order valence-electron chi connectivity index (χ3n) is 2.81. The normalized spacial score (nSPS) is 38.0. The molecule has 0 aromatic rings. The second-order valence-corrected chi connectivity index (χ2v) is 4.34. The van der Waals surface area contributed by atoms with Gasteiger partial charge in [0.05, 0.1) is 0 Å². The Bertz CT molecular complexity index is 142. The maximum atomic E-state index is 2.36. The van der Waals surface area contributed by atoms with Gasteiger partial charge in [-0.05, 0) is 23.7 Å². The first kappa shape index (κ1) is 7.84.